The van der Waals surface area contributed by atoms with Crippen LogP contribution in [0.25, 0.3) is 0 Å². The van der Waals surface area contributed by atoms with Gasteiger partial charge in [-0.05, 0) is 6.92 Å². The van der Waals surface area contributed by atoms with Gasteiger partial charge < -0.3 is 9.64 Å². The SMILES string of the molecule is C=C(C)CN(C)c1nc(CCOC)ns1. The number of hydrogen-bond acceptors (Lipinski definition) is 5. The molecule has 0 unspecified atom stereocenters. The second-order valence-corrected chi connectivity index (χ2v) is 4.28. The lowest BCUT2D eigenvalue weighted by Crippen LogP contribution is -2.18. The van der Waals surface area contributed by atoms with Crippen LogP contribution in [0.15, 0.2) is 12.2 Å². The fourth-order valence-corrected chi connectivity index (χ4v) is 1.84. The van der Waals surface area contributed by atoms with Crippen molar-refractivity contribution in [2.75, 3.05) is 32.2 Å². The summed E-state index contributed by atoms with van der Waals surface area (Å²) in [5, 5.41) is 0.934. The van der Waals surface area contributed by atoms with Gasteiger partial charge >= 0.3 is 0 Å². The summed E-state index contributed by atoms with van der Waals surface area (Å²) in [5.74, 6) is 0.852. The van der Waals surface area contributed by atoms with Crippen LogP contribution in [0.1, 0.15) is 12.7 Å². The minimum absolute atomic E-state index is 0.667. The van der Waals surface area contributed by atoms with E-state index in [1.54, 1.807) is 7.11 Å². The second kappa shape index (κ2) is 5.82. The van der Waals surface area contributed by atoms with Crippen LogP contribution in [0, 0.1) is 0 Å². The molecule has 0 aromatic carbocycles. The van der Waals surface area contributed by atoms with Crippen LogP contribution in [0.5, 0.6) is 0 Å². The van der Waals surface area contributed by atoms with Crippen LogP contribution < -0.4 is 4.90 Å². The minimum atomic E-state index is 0.667. The van der Waals surface area contributed by atoms with Crippen molar-refractivity contribution in [2.24, 2.45) is 0 Å². The van der Waals surface area contributed by atoms with Gasteiger partial charge in [-0.3, -0.25) is 0 Å². The molecular formula is C10H17N3OS. The van der Waals surface area contributed by atoms with Gasteiger partial charge in [0.15, 0.2) is 0 Å². The van der Waals surface area contributed by atoms with E-state index in [0.717, 1.165) is 29.5 Å². The highest BCUT2D eigenvalue weighted by Gasteiger charge is 2.08. The van der Waals surface area contributed by atoms with Gasteiger partial charge in [0.25, 0.3) is 0 Å². The van der Waals surface area contributed by atoms with Crippen molar-refractivity contribution in [3.8, 4) is 0 Å². The quantitative estimate of drug-likeness (QED) is 0.694. The summed E-state index contributed by atoms with van der Waals surface area (Å²) < 4.78 is 9.24. The van der Waals surface area contributed by atoms with Crippen LogP contribution in [-0.2, 0) is 11.2 Å². The molecule has 15 heavy (non-hydrogen) atoms. The lowest BCUT2D eigenvalue weighted by atomic mass is 10.3. The molecular weight excluding hydrogens is 210 g/mol. The van der Waals surface area contributed by atoms with Crippen LogP contribution >= 0.6 is 11.5 Å². The van der Waals surface area contributed by atoms with Crippen LogP contribution in [0.4, 0.5) is 5.13 Å². The van der Waals surface area contributed by atoms with E-state index in [0.29, 0.717) is 6.61 Å². The fraction of sp³-hybridized carbons (Fsp3) is 0.600. The molecule has 1 heterocycles. The molecule has 0 fully saturated rings. The Hall–Kier alpha value is -0.940. The Balaban J connectivity index is 2.54. The Morgan fingerprint density at radius 3 is 2.93 bits per heavy atom. The third-order valence-electron chi connectivity index (χ3n) is 1.82. The zero-order valence-electron chi connectivity index (χ0n) is 9.49. The molecule has 1 rings (SSSR count). The maximum atomic E-state index is 4.98. The molecule has 84 valence electrons. The van der Waals surface area contributed by atoms with Crippen molar-refractivity contribution >= 4 is 16.7 Å². The zero-order chi connectivity index (χ0) is 11.3. The standard InChI is InChI=1S/C10H17N3OS/c1-8(2)7-13(3)10-11-9(12-15-10)5-6-14-4/h1,5-7H2,2-4H3. The molecule has 0 aliphatic rings. The first-order valence-electron chi connectivity index (χ1n) is 4.80. The molecule has 1 aromatic rings. The van der Waals surface area contributed by atoms with Gasteiger partial charge in [0, 0.05) is 38.7 Å². The van der Waals surface area contributed by atoms with Crippen molar-refractivity contribution in [3.63, 3.8) is 0 Å². The topological polar surface area (TPSA) is 38.2 Å². The van der Waals surface area contributed by atoms with E-state index < -0.39 is 0 Å². The Morgan fingerprint density at radius 2 is 2.33 bits per heavy atom. The van der Waals surface area contributed by atoms with Gasteiger partial charge in [-0.2, -0.15) is 4.37 Å². The van der Waals surface area contributed by atoms with E-state index in [1.807, 2.05) is 14.0 Å². The summed E-state index contributed by atoms with van der Waals surface area (Å²) in [7, 11) is 3.68. The summed E-state index contributed by atoms with van der Waals surface area (Å²) in [6.45, 7) is 7.36. The first-order valence-corrected chi connectivity index (χ1v) is 5.58. The smallest absolute Gasteiger partial charge is 0.205 e. The molecule has 4 nitrogen and oxygen atoms in total. The van der Waals surface area contributed by atoms with Crippen LogP contribution in [0.3, 0.4) is 0 Å². The monoisotopic (exact) mass is 227 g/mol. The van der Waals surface area contributed by atoms with Gasteiger partial charge in [-0.25, -0.2) is 4.98 Å². The number of ether oxygens (including phenoxy) is 1. The third-order valence-corrected chi connectivity index (χ3v) is 2.69. The Kier molecular flexibility index (Phi) is 4.71. The zero-order valence-corrected chi connectivity index (χ0v) is 10.3. The molecule has 0 saturated carbocycles. The summed E-state index contributed by atoms with van der Waals surface area (Å²) in [6.07, 6.45) is 0.772. The lowest BCUT2D eigenvalue weighted by Gasteiger charge is -2.14. The fourth-order valence-electron chi connectivity index (χ4n) is 1.17. The van der Waals surface area contributed by atoms with Gasteiger partial charge in [-0.15, -0.1) is 0 Å². The van der Waals surface area contributed by atoms with Crippen molar-refractivity contribution in [1.29, 1.82) is 0 Å². The van der Waals surface area contributed by atoms with E-state index in [9.17, 15) is 0 Å². The average molecular weight is 227 g/mol. The van der Waals surface area contributed by atoms with Crippen molar-refractivity contribution in [1.82, 2.24) is 9.36 Å². The molecule has 0 N–H and O–H groups in total. The molecule has 0 bridgehead atoms. The van der Waals surface area contributed by atoms with Crippen LogP contribution in [-0.4, -0.2) is 36.7 Å². The third kappa shape index (κ3) is 3.97. The Labute approximate surface area is 94.8 Å². The van der Waals surface area contributed by atoms with Crippen molar-refractivity contribution in [2.45, 2.75) is 13.3 Å². The Bertz CT molecular complexity index is 324. The number of aromatic nitrogens is 2. The number of anilines is 1. The van der Waals surface area contributed by atoms with Gasteiger partial charge in [0.1, 0.15) is 5.82 Å². The summed E-state index contributed by atoms with van der Waals surface area (Å²) >= 11 is 1.42. The molecule has 0 saturated heterocycles. The molecule has 0 radical (unpaired) electrons. The van der Waals surface area contributed by atoms with E-state index in [2.05, 4.69) is 20.8 Å². The van der Waals surface area contributed by atoms with Crippen molar-refractivity contribution < 1.29 is 4.74 Å². The molecule has 0 atom stereocenters. The van der Waals surface area contributed by atoms with Gasteiger partial charge in [0.2, 0.25) is 5.13 Å². The Morgan fingerprint density at radius 1 is 1.60 bits per heavy atom. The number of nitrogens with zero attached hydrogens (tertiary/aromatic N) is 3. The molecule has 5 heteroatoms. The highest BCUT2D eigenvalue weighted by atomic mass is 32.1. The van der Waals surface area contributed by atoms with Crippen LogP contribution in [0.2, 0.25) is 0 Å². The summed E-state index contributed by atoms with van der Waals surface area (Å²) in [4.78, 5) is 6.46. The van der Waals surface area contributed by atoms with E-state index >= 15 is 0 Å². The van der Waals surface area contributed by atoms with Gasteiger partial charge in [-0.1, -0.05) is 12.2 Å². The average Bonchev–Trinajstić information content (AvgIpc) is 2.62. The highest BCUT2D eigenvalue weighted by Crippen LogP contribution is 2.16. The largest absolute Gasteiger partial charge is 0.384 e. The molecule has 1 aromatic heterocycles. The number of methoxy groups -OCH3 is 1. The minimum Gasteiger partial charge on any atom is -0.384 e. The first kappa shape index (κ1) is 12.1. The maximum absolute atomic E-state index is 4.98. The summed E-state index contributed by atoms with van der Waals surface area (Å²) in [5.41, 5.74) is 1.12. The molecule has 0 spiro atoms. The number of rotatable bonds is 6. The maximum Gasteiger partial charge on any atom is 0.205 e. The van der Waals surface area contributed by atoms with E-state index in [1.165, 1.54) is 11.5 Å². The number of likely N-dealkylation sites (N-methyl/N-ethyl adjacent to an activating group) is 1. The van der Waals surface area contributed by atoms with E-state index in [4.69, 9.17) is 4.74 Å². The number of hydrogen-bond donors (Lipinski definition) is 0. The predicted octanol–water partition coefficient (Wildman–Crippen LogP) is 1.74. The van der Waals surface area contributed by atoms with E-state index in [-0.39, 0.29) is 0 Å². The second-order valence-electron chi connectivity index (χ2n) is 3.55. The van der Waals surface area contributed by atoms with Crippen molar-refractivity contribution in [3.05, 3.63) is 18.0 Å². The molecule has 0 aliphatic carbocycles. The predicted molar refractivity (Wildman–Crippen MR) is 63.6 cm³/mol. The lowest BCUT2D eigenvalue weighted by molar-refractivity contribution is 0.201. The molecule has 0 aliphatic heterocycles. The summed E-state index contributed by atoms with van der Waals surface area (Å²) in [6, 6.07) is 0. The molecule has 0 amide bonds. The highest BCUT2D eigenvalue weighted by molar-refractivity contribution is 7.09. The first-order chi connectivity index (χ1) is 7.13. The normalized spacial score (nSPS) is 10.3. The van der Waals surface area contributed by atoms with Gasteiger partial charge in [0.05, 0.1) is 6.61 Å².